The summed E-state index contributed by atoms with van der Waals surface area (Å²) in [6.45, 7) is 2.04. The molecule has 1 N–H and O–H groups in total. The van der Waals surface area contributed by atoms with Crippen molar-refractivity contribution in [1.82, 2.24) is 9.55 Å². The molecule has 0 saturated carbocycles. The second-order valence-electron chi connectivity index (χ2n) is 6.64. The minimum atomic E-state index is -0.204. The number of thiophene rings is 1. The number of carbonyl (C=O) groups excluding carboxylic acids is 1. The van der Waals surface area contributed by atoms with Crippen LogP contribution in [0.5, 0.6) is 0 Å². The maximum absolute atomic E-state index is 13.3. The molecule has 0 unspecified atom stereocenters. The first-order valence-electron chi connectivity index (χ1n) is 9.44. The molecule has 31 heavy (non-hydrogen) atoms. The van der Waals surface area contributed by atoms with E-state index in [1.54, 1.807) is 48.5 Å². The van der Waals surface area contributed by atoms with Gasteiger partial charge in [0.05, 0.1) is 16.8 Å². The molecular formula is C22H17Cl2N3O2S2. The van der Waals surface area contributed by atoms with Gasteiger partial charge in [-0.15, -0.1) is 11.3 Å². The van der Waals surface area contributed by atoms with Crippen LogP contribution in [0.25, 0.3) is 15.9 Å². The van der Waals surface area contributed by atoms with E-state index in [-0.39, 0.29) is 17.2 Å². The highest BCUT2D eigenvalue weighted by Crippen LogP contribution is 2.27. The Kier molecular flexibility index (Phi) is 6.67. The van der Waals surface area contributed by atoms with E-state index >= 15 is 0 Å². The van der Waals surface area contributed by atoms with E-state index in [2.05, 4.69) is 5.32 Å². The number of anilines is 1. The SMILES string of the molecule is CCc1cc2c(=O)n(-c3ccc(Cl)cc3)c(SCC(=O)Nc3ccc(Cl)cc3)nc2s1. The summed E-state index contributed by atoms with van der Waals surface area (Å²) < 4.78 is 1.53. The zero-order chi connectivity index (χ0) is 22.0. The molecule has 4 rings (SSSR count). The molecule has 4 aromatic rings. The summed E-state index contributed by atoms with van der Waals surface area (Å²) in [6, 6.07) is 15.8. The van der Waals surface area contributed by atoms with Gasteiger partial charge in [0.2, 0.25) is 5.91 Å². The van der Waals surface area contributed by atoms with Crippen LogP contribution in [0.1, 0.15) is 11.8 Å². The number of carbonyl (C=O) groups is 1. The Morgan fingerprint density at radius 3 is 2.39 bits per heavy atom. The molecule has 0 aliphatic rings. The largest absolute Gasteiger partial charge is 0.325 e. The van der Waals surface area contributed by atoms with E-state index in [0.717, 1.165) is 11.3 Å². The van der Waals surface area contributed by atoms with Gasteiger partial charge in [-0.3, -0.25) is 14.2 Å². The smallest absolute Gasteiger partial charge is 0.267 e. The maximum Gasteiger partial charge on any atom is 0.267 e. The second-order valence-corrected chi connectivity index (χ2v) is 9.57. The first-order chi connectivity index (χ1) is 14.9. The van der Waals surface area contributed by atoms with Crippen molar-refractivity contribution in [3.63, 3.8) is 0 Å². The highest BCUT2D eigenvalue weighted by Gasteiger charge is 2.17. The first kappa shape index (κ1) is 21.9. The van der Waals surface area contributed by atoms with E-state index in [1.165, 1.54) is 27.7 Å². The molecule has 2 aromatic carbocycles. The number of nitrogens with one attached hydrogen (secondary N) is 1. The van der Waals surface area contributed by atoms with Gasteiger partial charge in [0.15, 0.2) is 5.16 Å². The average Bonchev–Trinajstić information content (AvgIpc) is 3.19. The van der Waals surface area contributed by atoms with Gasteiger partial charge < -0.3 is 5.32 Å². The molecule has 0 fully saturated rings. The fourth-order valence-electron chi connectivity index (χ4n) is 2.96. The summed E-state index contributed by atoms with van der Waals surface area (Å²) in [4.78, 5) is 32.2. The zero-order valence-electron chi connectivity index (χ0n) is 16.4. The Bertz CT molecular complexity index is 1300. The minimum Gasteiger partial charge on any atom is -0.325 e. The van der Waals surface area contributed by atoms with E-state index in [9.17, 15) is 9.59 Å². The Labute approximate surface area is 197 Å². The number of rotatable bonds is 6. The van der Waals surface area contributed by atoms with E-state index in [1.807, 2.05) is 13.0 Å². The van der Waals surface area contributed by atoms with Crippen molar-refractivity contribution < 1.29 is 4.79 Å². The summed E-state index contributed by atoms with van der Waals surface area (Å²) in [7, 11) is 0. The lowest BCUT2D eigenvalue weighted by Gasteiger charge is -2.12. The van der Waals surface area contributed by atoms with Gasteiger partial charge in [-0.05, 0) is 61.0 Å². The molecule has 0 atom stereocenters. The van der Waals surface area contributed by atoms with Gasteiger partial charge in [-0.25, -0.2) is 4.98 Å². The third-order valence-electron chi connectivity index (χ3n) is 4.48. The third kappa shape index (κ3) is 4.96. The highest BCUT2D eigenvalue weighted by atomic mass is 35.5. The second kappa shape index (κ2) is 9.44. The molecule has 0 aliphatic carbocycles. The van der Waals surface area contributed by atoms with Crippen molar-refractivity contribution in [3.8, 4) is 5.69 Å². The van der Waals surface area contributed by atoms with Crippen molar-refractivity contribution in [3.05, 3.63) is 79.9 Å². The molecule has 0 aliphatic heterocycles. The number of benzene rings is 2. The molecule has 0 bridgehead atoms. The molecule has 2 aromatic heterocycles. The maximum atomic E-state index is 13.3. The molecule has 5 nitrogen and oxygen atoms in total. The number of aromatic nitrogens is 2. The summed E-state index contributed by atoms with van der Waals surface area (Å²) >= 11 is 14.6. The van der Waals surface area contributed by atoms with Crippen LogP contribution in [0.3, 0.4) is 0 Å². The van der Waals surface area contributed by atoms with Crippen molar-refractivity contribution in [2.45, 2.75) is 18.5 Å². The Balaban J connectivity index is 1.67. The van der Waals surface area contributed by atoms with Gasteiger partial charge in [0.25, 0.3) is 5.56 Å². The van der Waals surface area contributed by atoms with Crippen molar-refractivity contribution >= 4 is 68.1 Å². The van der Waals surface area contributed by atoms with E-state index < -0.39 is 0 Å². The van der Waals surface area contributed by atoms with Gasteiger partial charge in [0, 0.05) is 20.6 Å². The van der Waals surface area contributed by atoms with Crippen molar-refractivity contribution in [2.24, 2.45) is 0 Å². The number of hydrogen-bond donors (Lipinski definition) is 1. The van der Waals surface area contributed by atoms with E-state index in [4.69, 9.17) is 28.2 Å². The molecule has 9 heteroatoms. The predicted molar refractivity (Wildman–Crippen MR) is 130 cm³/mol. The number of nitrogens with zero attached hydrogens (tertiary/aromatic N) is 2. The first-order valence-corrected chi connectivity index (χ1v) is 12.0. The average molecular weight is 490 g/mol. The van der Waals surface area contributed by atoms with Gasteiger partial charge in [0.1, 0.15) is 4.83 Å². The quantitative estimate of drug-likeness (QED) is 0.264. The molecule has 2 heterocycles. The standard InChI is InChI=1S/C22H17Cl2N3O2S2/c1-2-17-11-18-20(31-17)26-22(27(21(18)29)16-9-5-14(24)6-10-16)30-12-19(28)25-15-7-3-13(23)4-8-15/h3-11H,2,12H2,1H3,(H,25,28). The van der Waals surface area contributed by atoms with Crippen LogP contribution >= 0.6 is 46.3 Å². The number of aryl methyl sites for hydroxylation is 1. The number of amides is 1. The number of fused-ring (bicyclic) bond motifs is 1. The van der Waals surface area contributed by atoms with Crippen LogP contribution in [0.4, 0.5) is 5.69 Å². The minimum absolute atomic E-state index is 0.0974. The van der Waals surface area contributed by atoms with Crippen molar-refractivity contribution in [1.29, 1.82) is 0 Å². The molecule has 0 radical (unpaired) electrons. The molecule has 158 valence electrons. The molecule has 0 saturated heterocycles. The Hall–Kier alpha value is -2.32. The molecule has 0 spiro atoms. The van der Waals surface area contributed by atoms with Gasteiger partial charge in [-0.1, -0.05) is 41.9 Å². The van der Waals surface area contributed by atoms with Crippen LogP contribution < -0.4 is 10.9 Å². The summed E-state index contributed by atoms with van der Waals surface area (Å²) in [5.74, 6) is -0.107. The van der Waals surface area contributed by atoms with Crippen LogP contribution in [0, 0.1) is 0 Å². The normalized spacial score (nSPS) is 11.1. The number of thioether (sulfide) groups is 1. The molecular weight excluding hydrogens is 473 g/mol. The van der Waals surface area contributed by atoms with E-state index in [0.29, 0.717) is 36.8 Å². The lowest BCUT2D eigenvalue weighted by atomic mass is 10.3. The summed E-state index contributed by atoms with van der Waals surface area (Å²) in [5.41, 5.74) is 1.14. The summed E-state index contributed by atoms with van der Waals surface area (Å²) in [5, 5.41) is 5.02. The third-order valence-corrected chi connectivity index (χ3v) is 7.09. The Morgan fingerprint density at radius 2 is 1.74 bits per heavy atom. The number of halogens is 2. The van der Waals surface area contributed by atoms with Crippen LogP contribution in [-0.2, 0) is 11.2 Å². The van der Waals surface area contributed by atoms with Crippen LogP contribution in [0.15, 0.2) is 64.5 Å². The van der Waals surface area contributed by atoms with Crippen LogP contribution in [0.2, 0.25) is 10.0 Å². The topological polar surface area (TPSA) is 64.0 Å². The fraction of sp³-hybridized carbons (Fsp3) is 0.136. The van der Waals surface area contributed by atoms with Crippen LogP contribution in [-0.4, -0.2) is 21.2 Å². The van der Waals surface area contributed by atoms with Gasteiger partial charge in [-0.2, -0.15) is 0 Å². The monoisotopic (exact) mass is 489 g/mol. The Morgan fingerprint density at radius 1 is 1.10 bits per heavy atom. The molecule has 1 amide bonds. The van der Waals surface area contributed by atoms with Crippen molar-refractivity contribution in [2.75, 3.05) is 11.1 Å². The summed E-state index contributed by atoms with van der Waals surface area (Å²) in [6.07, 6.45) is 0.827. The lowest BCUT2D eigenvalue weighted by molar-refractivity contribution is -0.113. The fourth-order valence-corrected chi connectivity index (χ4v) is 5.03. The lowest BCUT2D eigenvalue weighted by Crippen LogP contribution is -2.22. The zero-order valence-corrected chi connectivity index (χ0v) is 19.5. The van der Waals surface area contributed by atoms with Gasteiger partial charge >= 0.3 is 0 Å². The number of hydrogen-bond acceptors (Lipinski definition) is 5. The predicted octanol–water partition coefficient (Wildman–Crippen LogP) is 6.05. The highest BCUT2D eigenvalue weighted by molar-refractivity contribution is 7.99.